The molecule has 1 N–H and O–H groups in total. The van der Waals surface area contributed by atoms with Crippen LogP contribution in [0.2, 0.25) is 0 Å². The summed E-state index contributed by atoms with van der Waals surface area (Å²) >= 11 is 0. The highest BCUT2D eigenvalue weighted by molar-refractivity contribution is 5.79. The van der Waals surface area contributed by atoms with Crippen molar-refractivity contribution < 1.29 is 14.3 Å². The van der Waals surface area contributed by atoms with Crippen molar-refractivity contribution in [1.29, 1.82) is 0 Å². The second kappa shape index (κ2) is 6.49. The van der Waals surface area contributed by atoms with Gasteiger partial charge in [0.1, 0.15) is 0 Å². The summed E-state index contributed by atoms with van der Waals surface area (Å²) in [5.74, 6) is 1.57. The fraction of sp³-hybridized carbons (Fsp3) is 0.333. The molecule has 1 atom stereocenters. The topological polar surface area (TPSA) is 63.7 Å². The normalized spacial score (nSPS) is 19.3. The molecule has 2 aliphatic rings. The summed E-state index contributed by atoms with van der Waals surface area (Å²) in [6.07, 6.45) is 3.93. The summed E-state index contributed by atoms with van der Waals surface area (Å²) in [6.45, 7) is 2.50. The summed E-state index contributed by atoms with van der Waals surface area (Å²) in [5.41, 5.74) is 2.00. The van der Waals surface area contributed by atoms with E-state index in [4.69, 9.17) is 9.47 Å². The van der Waals surface area contributed by atoms with Crippen LogP contribution in [-0.2, 0) is 11.2 Å². The highest BCUT2D eigenvalue weighted by Gasteiger charge is 2.28. The molecule has 3 heterocycles. The van der Waals surface area contributed by atoms with Gasteiger partial charge in [-0.25, -0.2) is 0 Å². The molecule has 1 unspecified atom stereocenters. The molecule has 0 aliphatic carbocycles. The fourth-order valence-corrected chi connectivity index (χ4v) is 3.20. The Bertz CT molecular complexity index is 736. The molecule has 1 aromatic carbocycles. The first kappa shape index (κ1) is 15.0. The number of amides is 1. The van der Waals surface area contributed by atoms with Crippen molar-refractivity contribution in [1.82, 2.24) is 15.2 Å². The van der Waals surface area contributed by atoms with E-state index >= 15 is 0 Å². The van der Waals surface area contributed by atoms with Crippen LogP contribution in [0.1, 0.15) is 17.2 Å². The van der Waals surface area contributed by atoms with Gasteiger partial charge in [0.25, 0.3) is 0 Å². The molecule has 0 saturated carbocycles. The maximum absolute atomic E-state index is 12.9. The first-order chi connectivity index (χ1) is 11.8. The zero-order chi connectivity index (χ0) is 16.4. The van der Waals surface area contributed by atoms with Crippen LogP contribution in [0.3, 0.4) is 0 Å². The summed E-state index contributed by atoms with van der Waals surface area (Å²) < 4.78 is 10.7. The minimum Gasteiger partial charge on any atom is -0.454 e. The molecule has 6 heteroatoms. The number of nitrogens with one attached hydrogen (secondary N) is 1. The van der Waals surface area contributed by atoms with Crippen molar-refractivity contribution in [3.63, 3.8) is 0 Å². The number of carbonyl (C=O) groups excluding carboxylic acids is 1. The molecule has 1 fully saturated rings. The van der Waals surface area contributed by atoms with Crippen molar-refractivity contribution in [2.45, 2.75) is 12.5 Å². The summed E-state index contributed by atoms with van der Waals surface area (Å²) in [5, 5.41) is 3.36. The summed E-state index contributed by atoms with van der Waals surface area (Å²) in [4.78, 5) is 19.0. The van der Waals surface area contributed by atoms with Gasteiger partial charge in [0.2, 0.25) is 12.7 Å². The number of pyridine rings is 1. The zero-order valence-corrected chi connectivity index (χ0v) is 13.3. The third-order valence-electron chi connectivity index (χ3n) is 4.43. The molecule has 0 bridgehead atoms. The van der Waals surface area contributed by atoms with Gasteiger partial charge < -0.3 is 19.7 Å². The van der Waals surface area contributed by atoms with Crippen LogP contribution in [0.15, 0.2) is 42.7 Å². The van der Waals surface area contributed by atoms with Gasteiger partial charge in [-0.2, -0.15) is 0 Å². The molecule has 1 saturated heterocycles. The van der Waals surface area contributed by atoms with E-state index in [2.05, 4.69) is 10.3 Å². The number of aromatic nitrogens is 1. The van der Waals surface area contributed by atoms with Crippen LogP contribution in [0.5, 0.6) is 11.5 Å². The molecule has 124 valence electrons. The third kappa shape index (κ3) is 2.92. The van der Waals surface area contributed by atoms with Gasteiger partial charge in [-0.3, -0.25) is 9.78 Å². The van der Waals surface area contributed by atoms with E-state index in [1.165, 1.54) is 0 Å². The molecule has 6 nitrogen and oxygen atoms in total. The standard InChI is InChI=1S/C18H19N3O3/c22-18(9-13-3-4-16-17(8-13)24-12-23-16)21-7-6-20-11-15(21)14-2-1-5-19-10-14/h1-5,8,10,15,20H,6-7,9,11-12H2. The van der Waals surface area contributed by atoms with Crippen molar-refractivity contribution in [3.05, 3.63) is 53.9 Å². The molecule has 2 aromatic rings. The predicted octanol–water partition coefficient (Wildman–Crippen LogP) is 1.53. The van der Waals surface area contributed by atoms with Gasteiger partial charge in [-0.15, -0.1) is 0 Å². The third-order valence-corrected chi connectivity index (χ3v) is 4.43. The molecular formula is C18H19N3O3. The monoisotopic (exact) mass is 325 g/mol. The quantitative estimate of drug-likeness (QED) is 0.927. The predicted molar refractivity (Wildman–Crippen MR) is 87.8 cm³/mol. The number of carbonyl (C=O) groups is 1. The lowest BCUT2D eigenvalue weighted by molar-refractivity contribution is -0.133. The van der Waals surface area contributed by atoms with Gasteiger partial charge in [-0.1, -0.05) is 12.1 Å². The molecule has 0 spiro atoms. The molecule has 0 radical (unpaired) electrons. The van der Waals surface area contributed by atoms with Crippen LogP contribution in [0.4, 0.5) is 0 Å². The smallest absolute Gasteiger partial charge is 0.231 e. The second-order valence-corrected chi connectivity index (χ2v) is 5.96. The number of nitrogens with zero attached hydrogens (tertiary/aromatic N) is 2. The molecule has 2 aliphatic heterocycles. The lowest BCUT2D eigenvalue weighted by Gasteiger charge is -2.36. The number of hydrogen-bond donors (Lipinski definition) is 1. The van der Waals surface area contributed by atoms with E-state index < -0.39 is 0 Å². The maximum Gasteiger partial charge on any atom is 0.231 e. The Labute approximate surface area is 140 Å². The minimum absolute atomic E-state index is 0.0222. The Morgan fingerprint density at radius 2 is 2.21 bits per heavy atom. The Kier molecular flexibility index (Phi) is 4.04. The summed E-state index contributed by atoms with van der Waals surface area (Å²) in [7, 11) is 0. The van der Waals surface area contributed by atoms with Crippen molar-refractivity contribution >= 4 is 5.91 Å². The minimum atomic E-state index is 0.0222. The van der Waals surface area contributed by atoms with Crippen LogP contribution in [-0.4, -0.2) is 42.2 Å². The number of hydrogen-bond acceptors (Lipinski definition) is 5. The molecular weight excluding hydrogens is 306 g/mol. The Balaban J connectivity index is 1.51. The molecule has 4 rings (SSSR count). The number of benzene rings is 1. The number of fused-ring (bicyclic) bond motifs is 1. The Morgan fingerprint density at radius 3 is 3.08 bits per heavy atom. The molecule has 1 amide bonds. The van der Waals surface area contributed by atoms with Gasteiger partial charge in [0.15, 0.2) is 11.5 Å². The fourth-order valence-electron chi connectivity index (χ4n) is 3.20. The summed E-state index contributed by atoms with van der Waals surface area (Å²) in [6, 6.07) is 9.62. The first-order valence-electron chi connectivity index (χ1n) is 8.10. The van der Waals surface area contributed by atoms with Crippen molar-refractivity contribution in [3.8, 4) is 11.5 Å². The lowest BCUT2D eigenvalue weighted by Crippen LogP contribution is -2.49. The average molecular weight is 325 g/mol. The molecule has 1 aromatic heterocycles. The van der Waals surface area contributed by atoms with Crippen molar-refractivity contribution in [2.24, 2.45) is 0 Å². The number of rotatable bonds is 3. The zero-order valence-electron chi connectivity index (χ0n) is 13.3. The van der Waals surface area contributed by atoms with Gasteiger partial charge in [-0.05, 0) is 29.3 Å². The van der Waals surface area contributed by atoms with E-state index in [1.807, 2.05) is 41.4 Å². The van der Waals surface area contributed by atoms with Crippen LogP contribution < -0.4 is 14.8 Å². The lowest BCUT2D eigenvalue weighted by atomic mass is 10.0. The first-order valence-corrected chi connectivity index (χ1v) is 8.10. The van der Waals surface area contributed by atoms with E-state index in [1.54, 1.807) is 6.20 Å². The molecule has 24 heavy (non-hydrogen) atoms. The maximum atomic E-state index is 12.9. The van der Waals surface area contributed by atoms with Crippen LogP contribution in [0.25, 0.3) is 0 Å². The van der Waals surface area contributed by atoms with Gasteiger partial charge >= 0.3 is 0 Å². The number of ether oxygens (including phenoxy) is 2. The average Bonchev–Trinajstić information content (AvgIpc) is 3.10. The van der Waals surface area contributed by atoms with Crippen LogP contribution in [0, 0.1) is 0 Å². The van der Waals surface area contributed by atoms with Crippen molar-refractivity contribution in [2.75, 3.05) is 26.4 Å². The number of piperazine rings is 1. The largest absolute Gasteiger partial charge is 0.454 e. The van der Waals surface area contributed by atoms with E-state index in [-0.39, 0.29) is 18.7 Å². The van der Waals surface area contributed by atoms with Crippen LogP contribution >= 0.6 is 0 Å². The van der Waals surface area contributed by atoms with Gasteiger partial charge in [0.05, 0.1) is 12.5 Å². The Morgan fingerprint density at radius 1 is 1.29 bits per heavy atom. The SMILES string of the molecule is O=C(Cc1ccc2c(c1)OCO2)N1CCNCC1c1cccnc1. The second-order valence-electron chi connectivity index (χ2n) is 5.96. The highest BCUT2D eigenvalue weighted by Crippen LogP contribution is 2.33. The van der Waals surface area contributed by atoms with E-state index in [0.29, 0.717) is 18.7 Å². The highest BCUT2D eigenvalue weighted by atomic mass is 16.7. The van der Waals surface area contributed by atoms with E-state index in [0.717, 1.165) is 30.0 Å². The van der Waals surface area contributed by atoms with E-state index in [9.17, 15) is 4.79 Å². The van der Waals surface area contributed by atoms with Gasteiger partial charge in [0, 0.05) is 32.0 Å². The Hall–Kier alpha value is -2.60.